The van der Waals surface area contributed by atoms with Crippen molar-refractivity contribution in [1.29, 1.82) is 0 Å². The summed E-state index contributed by atoms with van der Waals surface area (Å²) in [4.78, 5) is 23.0. The summed E-state index contributed by atoms with van der Waals surface area (Å²) in [5, 5.41) is 6.26. The van der Waals surface area contributed by atoms with Crippen molar-refractivity contribution in [2.75, 3.05) is 0 Å². The molecule has 2 aromatic rings. The summed E-state index contributed by atoms with van der Waals surface area (Å²) >= 11 is 0. The fraction of sp³-hybridized carbons (Fsp3) is 0.214. The van der Waals surface area contributed by atoms with Crippen LogP contribution >= 0.6 is 0 Å². The van der Waals surface area contributed by atoms with Crippen LogP contribution < -0.4 is 11.1 Å². The van der Waals surface area contributed by atoms with Gasteiger partial charge in [-0.1, -0.05) is 23.4 Å². The normalized spacial score (nSPS) is 10.2. The number of carbonyl (C=O) groups is 2. The first-order chi connectivity index (χ1) is 9.66. The van der Waals surface area contributed by atoms with Gasteiger partial charge in [0, 0.05) is 18.1 Å². The summed E-state index contributed by atoms with van der Waals surface area (Å²) < 4.78 is 4.87. The number of nitrogens with zero attached hydrogens (tertiary/aromatic N) is 1. The molecule has 2 amide bonds. The standard InChI is InChI=1S/C14H15N3O3/c15-14(19)12-4-2-1-3-10(12)5-6-13(18)16-9-11-7-8-17-20-11/h1-4,7-8H,5-6,9H2,(H2,15,19)(H,16,18). The number of hydrogen-bond acceptors (Lipinski definition) is 4. The highest BCUT2D eigenvalue weighted by molar-refractivity contribution is 5.94. The number of benzene rings is 1. The van der Waals surface area contributed by atoms with E-state index in [0.29, 0.717) is 24.3 Å². The van der Waals surface area contributed by atoms with Crippen molar-refractivity contribution in [3.8, 4) is 0 Å². The van der Waals surface area contributed by atoms with E-state index in [1.54, 1.807) is 24.3 Å². The van der Waals surface area contributed by atoms with Gasteiger partial charge in [0.15, 0.2) is 5.76 Å². The SMILES string of the molecule is NC(=O)c1ccccc1CCC(=O)NCc1ccno1. The largest absolute Gasteiger partial charge is 0.366 e. The molecule has 1 heterocycles. The van der Waals surface area contributed by atoms with Gasteiger partial charge in [0.1, 0.15) is 0 Å². The molecule has 0 bridgehead atoms. The van der Waals surface area contributed by atoms with E-state index in [-0.39, 0.29) is 12.3 Å². The minimum Gasteiger partial charge on any atom is -0.366 e. The lowest BCUT2D eigenvalue weighted by Gasteiger charge is -2.06. The third-order valence-corrected chi connectivity index (χ3v) is 2.86. The van der Waals surface area contributed by atoms with E-state index in [9.17, 15) is 9.59 Å². The monoisotopic (exact) mass is 273 g/mol. The average Bonchev–Trinajstić information content (AvgIpc) is 2.96. The second kappa shape index (κ2) is 6.51. The Labute approximate surface area is 115 Å². The molecule has 0 atom stereocenters. The van der Waals surface area contributed by atoms with Gasteiger partial charge < -0.3 is 15.6 Å². The van der Waals surface area contributed by atoms with Crippen LogP contribution in [-0.2, 0) is 17.8 Å². The van der Waals surface area contributed by atoms with Gasteiger partial charge >= 0.3 is 0 Å². The topological polar surface area (TPSA) is 98.2 Å². The Balaban J connectivity index is 1.85. The molecule has 6 nitrogen and oxygen atoms in total. The van der Waals surface area contributed by atoms with Crippen molar-refractivity contribution < 1.29 is 14.1 Å². The lowest BCUT2D eigenvalue weighted by Crippen LogP contribution is -2.23. The van der Waals surface area contributed by atoms with Crippen molar-refractivity contribution in [2.45, 2.75) is 19.4 Å². The van der Waals surface area contributed by atoms with Gasteiger partial charge in [-0.3, -0.25) is 9.59 Å². The van der Waals surface area contributed by atoms with E-state index in [4.69, 9.17) is 10.3 Å². The summed E-state index contributed by atoms with van der Waals surface area (Å²) in [5.74, 6) is -0.0146. The van der Waals surface area contributed by atoms with Crippen LogP contribution in [0.4, 0.5) is 0 Å². The molecule has 1 aromatic carbocycles. The van der Waals surface area contributed by atoms with Crippen LogP contribution in [0.2, 0.25) is 0 Å². The maximum absolute atomic E-state index is 11.7. The molecule has 0 saturated carbocycles. The lowest BCUT2D eigenvalue weighted by atomic mass is 10.0. The molecule has 2 rings (SSSR count). The van der Waals surface area contributed by atoms with Gasteiger partial charge in [-0.05, 0) is 18.1 Å². The minimum atomic E-state index is -0.484. The van der Waals surface area contributed by atoms with Crippen LogP contribution in [-0.4, -0.2) is 17.0 Å². The Bertz CT molecular complexity index is 593. The summed E-state index contributed by atoms with van der Waals surface area (Å²) in [6.07, 6.45) is 2.25. The Morgan fingerprint density at radius 1 is 1.25 bits per heavy atom. The Hall–Kier alpha value is -2.63. The van der Waals surface area contributed by atoms with Crippen molar-refractivity contribution in [3.05, 3.63) is 53.4 Å². The van der Waals surface area contributed by atoms with Crippen molar-refractivity contribution in [3.63, 3.8) is 0 Å². The van der Waals surface area contributed by atoms with Crippen molar-refractivity contribution >= 4 is 11.8 Å². The molecule has 6 heteroatoms. The molecule has 0 aliphatic heterocycles. The van der Waals surface area contributed by atoms with E-state index in [0.717, 1.165) is 5.56 Å². The fourth-order valence-electron chi connectivity index (χ4n) is 1.83. The minimum absolute atomic E-state index is 0.124. The molecular weight excluding hydrogens is 258 g/mol. The third kappa shape index (κ3) is 3.68. The third-order valence-electron chi connectivity index (χ3n) is 2.86. The van der Waals surface area contributed by atoms with Crippen LogP contribution in [0.15, 0.2) is 41.1 Å². The predicted octanol–water partition coefficient (Wildman–Crippen LogP) is 1.02. The van der Waals surface area contributed by atoms with E-state index in [1.807, 2.05) is 6.07 Å². The number of aromatic nitrogens is 1. The molecule has 0 unspecified atom stereocenters. The highest BCUT2D eigenvalue weighted by Gasteiger charge is 2.09. The second-order valence-electron chi connectivity index (χ2n) is 4.28. The van der Waals surface area contributed by atoms with Crippen LogP contribution in [0.1, 0.15) is 28.1 Å². The number of primary amides is 1. The Kier molecular flexibility index (Phi) is 4.49. The number of nitrogens with one attached hydrogen (secondary N) is 1. The molecule has 0 aliphatic carbocycles. The molecule has 0 saturated heterocycles. The van der Waals surface area contributed by atoms with Crippen LogP contribution in [0, 0.1) is 0 Å². The molecule has 104 valence electrons. The summed E-state index contributed by atoms with van der Waals surface area (Å²) in [6, 6.07) is 8.69. The van der Waals surface area contributed by atoms with Gasteiger partial charge in [0.25, 0.3) is 0 Å². The fourth-order valence-corrected chi connectivity index (χ4v) is 1.83. The first-order valence-electron chi connectivity index (χ1n) is 6.21. The highest BCUT2D eigenvalue weighted by atomic mass is 16.5. The molecule has 20 heavy (non-hydrogen) atoms. The average molecular weight is 273 g/mol. The molecule has 3 N–H and O–H groups in total. The summed E-state index contributed by atoms with van der Waals surface area (Å²) in [6.45, 7) is 0.302. The number of rotatable bonds is 6. The summed E-state index contributed by atoms with van der Waals surface area (Å²) in [5.41, 5.74) is 6.51. The van der Waals surface area contributed by atoms with Crippen LogP contribution in [0.5, 0.6) is 0 Å². The maximum atomic E-state index is 11.7. The highest BCUT2D eigenvalue weighted by Crippen LogP contribution is 2.10. The Morgan fingerprint density at radius 2 is 2.05 bits per heavy atom. The van der Waals surface area contributed by atoms with E-state index >= 15 is 0 Å². The van der Waals surface area contributed by atoms with Gasteiger partial charge in [-0.2, -0.15) is 0 Å². The molecule has 0 fully saturated rings. The molecule has 1 aromatic heterocycles. The van der Waals surface area contributed by atoms with E-state index in [1.165, 1.54) is 6.20 Å². The number of amides is 2. The zero-order valence-electron chi connectivity index (χ0n) is 10.8. The number of hydrogen-bond donors (Lipinski definition) is 2. The number of aryl methyl sites for hydroxylation is 1. The van der Waals surface area contributed by atoms with E-state index < -0.39 is 5.91 Å². The quantitative estimate of drug-likeness (QED) is 0.821. The first kappa shape index (κ1) is 13.8. The first-order valence-corrected chi connectivity index (χ1v) is 6.21. The lowest BCUT2D eigenvalue weighted by molar-refractivity contribution is -0.121. The van der Waals surface area contributed by atoms with Gasteiger partial charge in [-0.25, -0.2) is 0 Å². The Morgan fingerprint density at radius 3 is 2.75 bits per heavy atom. The van der Waals surface area contributed by atoms with Crippen molar-refractivity contribution in [2.24, 2.45) is 5.73 Å². The number of carbonyl (C=O) groups excluding carboxylic acids is 2. The zero-order chi connectivity index (χ0) is 14.4. The zero-order valence-corrected chi connectivity index (χ0v) is 10.8. The van der Waals surface area contributed by atoms with Crippen molar-refractivity contribution in [1.82, 2.24) is 10.5 Å². The predicted molar refractivity (Wildman–Crippen MR) is 71.6 cm³/mol. The van der Waals surface area contributed by atoms with Gasteiger partial charge in [0.2, 0.25) is 11.8 Å². The maximum Gasteiger partial charge on any atom is 0.248 e. The summed E-state index contributed by atoms with van der Waals surface area (Å²) in [7, 11) is 0. The van der Waals surface area contributed by atoms with Gasteiger partial charge in [0.05, 0.1) is 12.7 Å². The molecule has 0 spiro atoms. The van der Waals surface area contributed by atoms with E-state index in [2.05, 4.69) is 10.5 Å². The molecule has 0 aliphatic rings. The van der Waals surface area contributed by atoms with Crippen LogP contribution in [0.3, 0.4) is 0 Å². The second-order valence-corrected chi connectivity index (χ2v) is 4.28. The smallest absolute Gasteiger partial charge is 0.248 e. The van der Waals surface area contributed by atoms with Crippen LogP contribution in [0.25, 0.3) is 0 Å². The van der Waals surface area contributed by atoms with Gasteiger partial charge in [-0.15, -0.1) is 0 Å². The molecule has 0 radical (unpaired) electrons. The molecular formula is C14H15N3O3. The number of nitrogens with two attached hydrogens (primary N) is 1.